The second-order valence-electron chi connectivity index (χ2n) is 5.34. The average Bonchev–Trinajstić information content (AvgIpc) is 2.27. The molecule has 13 heavy (non-hydrogen) atoms. The Labute approximate surface area is 80.3 Å². The van der Waals surface area contributed by atoms with Crippen molar-refractivity contribution in [3.8, 4) is 0 Å². The van der Waals surface area contributed by atoms with Crippen LogP contribution in [-0.4, -0.2) is 29.5 Å². The molecule has 3 N–H and O–H groups in total. The van der Waals surface area contributed by atoms with Crippen molar-refractivity contribution in [2.75, 3.05) is 13.2 Å². The van der Waals surface area contributed by atoms with Crippen LogP contribution in [0.4, 0.5) is 0 Å². The summed E-state index contributed by atoms with van der Waals surface area (Å²) in [5.74, 6) is 0. The molecule has 1 heterocycles. The first-order valence-electron chi connectivity index (χ1n) is 4.79. The molecule has 0 spiro atoms. The van der Waals surface area contributed by atoms with Gasteiger partial charge in [-0.3, -0.25) is 0 Å². The highest BCUT2D eigenvalue weighted by atomic mass is 16.5. The summed E-state index contributed by atoms with van der Waals surface area (Å²) in [6, 6.07) is 0. The van der Waals surface area contributed by atoms with E-state index in [0.29, 0.717) is 19.6 Å². The highest BCUT2D eigenvalue weighted by Crippen LogP contribution is 2.43. The second-order valence-corrected chi connectivity index (χ2v) is 5.34. The number of aliphatic hydroxyl groups is 1. The number of rotatable bonds is 2. The molecular weight excluding hydrogens is 166 g/mol. The lowest BCUT2D eigenvalue weighted by Gasteiger charge is -2.38. The van der Waals surface area contributed by atoms with Gasteiger partial charge in [-0.15, -0.1) is 0 Å². The Bertz CT molecular complexity index is 201. The van der Waals surface area contributed by atoms with E-state index in [1.54, 1.807) is 0 Å². The molecule has 0 aromatic heterocycles. The van der Waals surface area contributed by atoms with Crippen LogP contribution in [0, 0.1) is 5.41 Å². The van der Waals surface area contributed by atoms with E-state index in [4.69, 9.17) is 10.5 Å². The van der Waals surface area contributed by atoms with E-state index in [1.165, 1.54) is 0 Å². The third-order valence-electron chi connectivity index (χ3n) is 3.19. The third kappa shape index (κ3) is 1.87. The van der Waals surface area contributed by atoms with Crippen LogP contribution in [0.1, 0.15) is 34.1 Å². The predicted octanol–water partition coefficient (Wildman–Crippen LogP) is 0.901. The van der Waals surface area contributed by atoms with Crippen molar-refractivity contribution in [2.45, 2.75) is 45.3 Å². The van der Waals surface area contributed by atoms with Gasteiger partial charge in [-0.05, 0) is 13.8 Å². The molecule has 0 amide bonds. The van der Waals surface area contributed by atoms with Crippen LogP contribution in [-0.2, 0) is 4.74 Å². The van der Waals surface area contributed by atoms with E-state index in [1.807, 2.05) is 27.7 Å². The molecule has 3 heteroatoms. The Morgan fingerprint density at radius 3 is 2.31 bits per heavy atom. The molecule has 0 bridgehead atoms. The van der Waals surface area contributed by atoms with Crippen molar-refractivity contribution >= 4 is 0 Å². The quantitative estimate of drug-likeness (QED) is 0.675. The van der Waals surface area contributed by atoms with Crippen molar-refractivity contribution in [2.24, 2.45) is 11.1 Å². The highest BCUT2D eigenvalue weighted by molar-refractivity contribution is 5.02. The van der Waals surface area contributed by atoms with Crippen LogP contribution in [0.3, 0.4) is 0 Å². The SMILES string of the molecule is CC1(C)CC(O)(C(C)(C)CN)CO1. The molecule has 1 unspecified atom stereocenters. The minimum absolute atomic E-state index is 0.221. The first-order valence-corrected chi connectivity index (χ1v) is 4.79. The van der Waals surface area contributed by atoms with Gasteiger partial charge in [-0.25, -0.2) is 0 Å². The largest absolute Gasteiger partial charge is 0.387 e. The van der Waals surface area contributed by atoms with Crippen molar-refractivity contribution in [1.82, 2.24) is 0 Å². The fraction of sp³-hybridized carbons (Fsp3) is 1.00. The molecule has 1 aliphatic rings. The minimum Gasteiger partial charge on any atom is -0.387 e. The van der Waals surface area contributed by atoms with Crippen LogP contribution in [0.15, 0.2) is 0 Å². The number of hydrogen-bond acceptors (Lipinski definition) is 3. The summed E-state index contributed by atoms with van der Waals surface area (Å²) in [6.07, 6.45) is 0.657. The molecule has 78 valence electrons. The van der Waals surface area contributed by atoms with Crippen molar-refractivity contribution in [1.29, 1.82) is 0 Å². The molecule has 1 saturated heterocycles. The lowest BCUT2D eigenvalue weighted by atomic mass is 9.72. The molecular formula is C10H21NO2. The number of nitrogens with two attached hydrogens (primary N) is 1. The fourth-order valence-corrected chi connectivity index (χ4v) is 1.75. The van der Waals surface area contributed by atoms with Crippen LogP contribution >= 0.6 is 0 Å². The van der Waals surface area contributed by atoms with Gasteiger partial charge in [-0.2, -0.15) is 0 Å². The van der Waals surface area contributed by atoms with Crippen molar-refractivity contribution in [3.63, 3.8) is 0 Å². The molecule has 3 nitrogen and oxygen atoms in total. The maximum absolute atomic E-state index is 10.3. The van der Waals surface area contributed by atoms with Crippen LogP contribution in [0.5, 0.6) is 0 Å². The Kier molecular flexibility index (Phi) is 2.48. The van der Waals surface area contributed by atoms with E-state index < -0.39 is 5.60 Å². The average molecular weight is 187 g/mol. The zero-order valence-corrected chi connectivity index (χ0v) is 9.05. The van der Waals surface area contributed by atoms with E-state index in [0.717, 1.165) is 0 Å². The summed E-state index contributed by atoms with van der Waals surface area (Å²) in [5, 5.41) is 10.3. The van der Waals surface area contributed by atoms with Gasteiger partial charge in [0.05, 0.1) is 17.8 Å². The first kappa shape index (κ1) is 11.0. The highest BCUT2D eigenvalue weighted by Gasteiger charge is 2.51. The van der Waals surface area contributed by atoms with Gasteiger partial charge in [-0.1, -0.05) is 13.8 Å². The zero-order chi connectivity index (χ0) is 10.3. The Morgan fingerprint density at radius 2 is 2.00 bits per heavy atom. The molecule has 0 radical (unpaired) electrons. The summed E-state index contributed by atoms with van der Waals surface area (Å²) in [4.78, 5) is 0. The smallest absolute Gasteiger partial charge is 0.0970 e. The predicted molar refractivity (Wildman–Crippen MR) is 52.4 cm³/mol. The molecule has 0 aromatic carbocycles. The summed E-state index contributed by atoms with van der Waals surface area (Å²) < 4.78 is 5.54. The molecule has 1 fully saturated rings. The van der Waals surface area contributed by atoms with Gasteiger partial charge in [0.25, 0.3) is 0 Å². The van der Waals surface area contributed by atoms with Crippen LogP contribution in [0.25, 0.3) is 0 Å². The molecule has 1 rings (SSSR count). The van der Waals surface area contributed by atoms with Crippen LogP contribution < -0.4 is 5.73 Å². The first-order chi connectivity index (χ1) is 5.72. The van der Waals surface area contributed by atoms with Gasteiger partial charge in [0, 0.05) is 18.4 Å². The summed E-state index contributed by atoms with van der Waals surface area (Å²) in [6.45, 7) is 8.83. The fourth-order valence-electron chi connectivity index (χ4n) is 1.75. The maximum atomic E-state index is 10.3. The van der Waals surface area contributed by atoms with E-state index in [9.17, 15) is 5.11 Å². The Morgan fingerprint density at radius 1 is 1.46 bits per heavy atom. The summed E-state index contributed by atoms with van der Waals surface area (Å²) >= 11 is 0. The lowest BCUT2D eigenvalue weighted by molar-refractivity contribution is -0.0663. The lowest BCUT2D eigenvalue weighted by Crippen LogP contribution is -2.50. The molecule has 1 aliphatic heterocycles. The van der Waals surface area contributed by atoms with Gasteiger partial charge in [0.1, 0.15) is 0 Å². The maximum Gasteiger partial charge on any atom is 0.0970 e. The molecule has 0 aromatic rings. The van der Waals surface area contributed by atoms with Crippen molar-refractivity contribution in [3.05, 3.63) is 0 Å². The van der Waals surface area contributed by atoms with Gasteiger partial charge >= 0.3 is 0 Å². The second kappa shape index (κ2) is 2.94. The monoisotopic (exact) mass is 187 g/mol. The third-order valence-corrected chi connectivity index (χ3v) is 3.19. The topological polar surface area (TPSA) is 55.5 Å². The van der Waals surface area contributed by atoms with Gasteiger partial charge in [0.2, 0.25) is 0 Å². The van der Waals surface area contributed by atoms with Crippen molar-refractivity contribution < 1.29 is 9.84 Å². The van der Waals surface area contributed by atoms with Gasteiger partial charge < -0.3 is 15.6 Å². The van der Waals surface area contributed by atoms with E-state index in [-0.39, 0.29) is 11.0 Å². The normalized spacial score (nSPS) is 33.7. The number of ether oxygens (including phenoxy) is 1. The minimum atomic E-state index is -0.773. The number of hydrogen-bond donors (Lipinski definition) is 2. The standard InChI is InChI=1S/C10H21NO2/c1-8(2,6-11)10(12)5-9(3,4)13-7-10/h12H,5-7,11H2,1-4H3. The summed E-state index contributed by atoms with van der Waals surface area (Å²) in [5.41, 5.74) is 4.37. The Balaban J connectivity index is 2.81. The molecule has 1 atom stereocenters. The van der Waals surface area contributed by atoms with E-state index in [2.05, 4.69) is 0 Å². The molecule has 0 aliphatic carbocycles. The van der Waals surface area contributed by atoms with E-state index >= 15 is 0 Å². The zero-order valence-electron chi connectivity index (χ0n) is 9.05. The van der Waals surface area contributed by atoms with Gasteiger partial charge in [0.15, 0.2) is 0 Å². The van der Waals surface area contributed by atoms with Crippen LogP contribution in [0.2, 0.25) is 0 Å². The molecule has 0 saturated carbocycles. The Hall–Kier alpha value is -0.120. The summed E-state index contributed by atoms with van der Waals surface area (Å²) in [7, 11) is 0.